The second-order valence-corrected chi connectivity index (χ2v) is 5.19. The van der Waals surface area contributed by atoms with Gasteiger partial charge in [-0.2, -0.15) is 0 Å². The van der Waals surface area contributed by atoms with E-state index in [0.29, 0.717) is 17.0 Å². The Morgan fingerprint density at radius 1 is 1.20 bits per heavy atom. The normalized spacial score (nSPS) is 10.0. The molecule has 0 fully saturated rings. The first-order chi connectivity index (χ1) is 11.9. The first kappa shape index (κ1) is 17.9. The van der Waals surface area contributed by atoms with Crippen molar-refractivity contribution < 1.29 is 19.2 Å². The van der Waals surface area contributed by atoms with Gasteiger partial charge in [-0.1, -0.05) is 18.2 Å². The highest BCUT2D eigenvalue weighted by molar-refractivity contribution is 6.00. The largest absolute Gasteiger partial charge is 0.495 e. The number of nitro groups is 1. The fraction of sp³-hybridized carbons (Fsp3) is 0.176. The molecule has 0 saturated heterocycles. The van der Waals surface area contributed by atoms with E-state index < -0.39 is 16.7 Å². The van der Waals surface area contributed by atoms with Crippen molar-refractivity contribution in [3.05, 3.63) is 63.7 Å². The minimum atomic E-state index is -0.571. The summed E-state index contributed by atoms with van der Waals surface area (Å²) in [5.41, 5.74) is 0.902. The van der Waals surface area contributed by atoms with Crippen molar-refractivity contribution in [3.63, 3.8) is 0 Å². The number of hydrogen-bond acceptors (Lipinski definition) is 5. The van der Waals surface area contributed by atoms with Crippen molar-refractivity contribution >= 4 is 23.2 Å². The molecule has 0 aliphatic heterocycles. The highest BCUT2D eigenvalue weighted by atomic mass is 16.6. The van der Waals surface area contributed by atoms with Crippen LogP contribution in [0.2, 0.25) is 0 Å². The average molecular weight is 343 g/mol. The van der Waals surface area contributed by atoms with Crippen molar-refractivity contribution in [3.8, 4) is 5.75 Å². The number of carbonyl (C=O) groups is 2. The molecular formula is C17H17N3O5. The van der Waals surface area contributed by atoms with Crippen molar-refractivity contribution in [1.82, 2.24) is 5.32 Å². The molecule has 0 aromatic heterocycles. The van der Waals surface area contributed by atoms with Gasteiger partial charge in [0.1, 0.15) is 5.75 Å². The average Bonchev–Trinajstić information content (AvgIpc) is 2.60. The zero-order valence-electron chi connectivity index (χ0n) is 13.7. The van der Waals surface area contributed by atoms with E-state index in [1.807, 2.05) is 0 Å². The number of carbonyl (C=O) groups excluding carboxylic acids is 2. The van der Waals surface area contributed by atoms with Crippen molar-refractivity contribution in [1.29, 1.82) is 0 Å². The first-order valence-corrected chi connectivity index (χ1v) is 7.38. The summed E-state index contributed by atoms with van der Waals surface area (Å²) in [6, 6.07) is 11.0. The molecule has 2 amide bonds. The molecule has 0 bridgehead atoms. The van der Waals surface area contributed by atoms with Crippen LogP contribution in [0.25, 0.3) is 0 Å². The Labute approximate surface area is 144 Å². The van der Waals surface area contributed by atoms with E-state index in [-0.39, 0.29) is 17.8 Å². The number of benzene rings is 2. The molecule has 0 aliphatic rings. The molecular weight excluding hydrogens is 326 g/mol. The maximum absolute atomic E-state index is 12.1. The van der Waals surface area contributed by atoms with Gasteiger partial charge in [0, 0.05) is 17.2 Å². The molecule has 0 radical (unpaired) electrons. The van der Waals surface area contributed by atoms with E-state index in [2.05, 4.69) is 10.6 Å². The lowest BCUT2D eigenvalue weighted by Crippen LogP contribution is -2.33. The number of amides is 2. The lowest BCUT2D eigenvalue weighted by atomic mass is 10.1. The van der Waals surface area contributed by atoms with E-state index >= 15 is 0 Å². The second kappa shape index (κ2) is 7.91. The zero-order chi connectivity index (χ0) is 18.4. The van der Waals surface area contributed by atoms with E-state index in [9.17, 15) is 19.7 Å². The molecule has 2 aromatic carbocycles. The maximum atomic E-state index is 12.1. The lowest BCUT2D eigenvalue weighted by molar-refractivity contribution is -0.385. The van der Waals surface area contributed by atoms with Crippen LogP contribution in [-0.2, 0) is 4.79 Å². The van der Waals surface area contributed by atoms with Crippen LogP contribution >= 0.6 is 0 Å². The fourth-order valence-electron chi connectivity index (χ4n) is 2.15. The van der Waals surface area contributed by atoms with E-state index in [1.54, 1.807) is 31.2 Å². The van der Waals surface area contributed by atoms with Crippen LogP contribution < -0.4 is 15.4 Å². The number of nitrogens with one attached hydrogen (secondary N) is 2. The Morgan fingerprint density at radius 2 is 1.92 bits per heavy atom. The molecule has 0 spiro atoms. The number of nitrogens with zero attached hydrogens (tertiary/aromatic N) is 1. The summed E-state index contributed by atoms with van der Waals surface area (Å²) in [5.74, 6) is -0.519. The van der Waals surface area contributed by atoms with Crippen molar-refractivity contribution in [2.45, 2.75) is 6.92 Å². The van der Waals surface area contributed by atoms with Crippen LogP contribution in [0.5, 0.6) is 5.75 Å². The van der Waals surface area contributed by atoms with Gasteiger partial charge in [-0.25, -0.2) is 0 Å². The van der Waals surface area contributed by atoms with Gasteiger partial charge in [-0.05, 0) is 25.1 Å². The molecule has 0 saturated carbocycles. The molecule has 25 heavy (non-hydrogen) atoms. The van der Waals surface area contributed by atoms with Crippen molar-refractivity contribution in [2.75, 3.05) is 19.0 Å². The third-order valence-corrected chi connectivity index (χ3v) is 3.46. The predicted octanol–water partition coefficient (Wildman–Crippen LogP) is 2.28. The van der Waals surface area contributed by atoms with Crippen LogP contribution in [-0.4, -0.2) is 30.4 Å². The quantitative estimate of drug-likeness (QED) is 0.617. The smallest absolute Gasteiger partial charge is 0.273 e. The Hall–Kier alpha value is -3.42. The Morgan fingerprint density at radius 3 is 2.60 bits per heavy atom. The van der Waals surface area contributed by atoms with Gasteiger partial charge in [0.05, 0.1) is 24.3 Å². The first-order valence-electron chi connectivity index (χ1n) is 7.38. The summed E-state index contributed by atoms with van der Waals surface area (Å²) in [4.78, 5) is 34.4. The van der Waals surface area contributed by atoms with Gasteiger partial charge in [0.2, 0.25) is 5.91 Å². The molecule has 0 heterocycles. The number of aryl methyl sites for hydroxylation is 1. The number of anilines is 1. The highest BCUT2D eigenvalue weighted by Gasteiger charge is 2.15. The Bertz CT molecular complexity index is 820. The van der Waals surface area contributed by atoms with Crippen LogP contribution in [0, 0.1) is 17.0 Å². The number of para-hydroxylation sites is 2. The molecule has 2 N–H and O–H groups in total. The molecule has 130 valence electrons. The lowest BCUT2D eigenvalue weighted by Gasteiger charge is -2.10. The predicted molar refractivity (Wildman–Crippen MR) is 91.8 cm³/mol. The minimum absolute atomic E-state index is 0.113. The second-order valence-electron chi connectivity index (χ2n) is 5.19. The maximum Gasteiger partial charge on any atom is 0.273 e. The summed E-state index contributed by atoms with van der Waals surface area (Å²) >= 11 is 0. The van der Waals surface area contributed by atoms with E-state index in [4.69, 9.17) is 4.74 Å². The van der Waals surface area contributed by atoms with Crippen LogP contribution in [0.3, 0.4) is 0 Å². The van der Waals surface area contributed by atoms with Gasteiger partial charge in [0.25, 0.3) is 11.6 Å². The third-order valence-electron chi connectivity index (χ3n) is 3.46. The summed E-state index contributed by atoms with van der Waals surface area (Å²) < 4.78 is 5.12. The van der Waals surface area contributed by atoms with Crippen LogP contribution in [0.4, 0.5) is 11.4 Å². The van der Waals surface area contributed by atoms with Gasteiger partial charge in [-0.15, -0.1) is 0 Å². The number of ether oxygens (including phenoxy) is 1. The molecule has 8 heteroatoms. The fourth-order valence-corrected chi connectivity index (χ4v) is 2.15. The summed E-state index contributed by atoms with van der Waals surface area (Å²) in [6.07, 6.45) is 0. The molecule has 2 rings (SSSR count). The molecule has 8 nitrogen and oxygen atoms in total. The third kappa shape index (κ3) is 4.54. The summed E-state index contributed by atoms with van der Waals surface area (Å²) in [6.45, 7) is 1.30. The molecule has 0 unspecified atom stereocenters. The van der Waals surface area contributed by atoms with Gasteiger partial charge in [0.15, 0.2) is 0 Å². The summed E-state index contributed by atoms with van der Waals surface area (Å²) in [7, 11) is 1.48. The van der Waals surface area contributed by atoms with Crippen LogP contribution in [0.15, 0.2) is 42.5 Å². The summed E-state index contributed by atoms with van der Waals surface area (Å²) in [5, 5.41) is 16.0. The van der Waals surface area contributed by atoms with Gasteiger partial charge < -0.3 is 15.4 Å². The zero-order valence-corrected chi connectivity index (χ0v) is 13.7. The Balaban J connectivity index is 1.99. The van der Waals surface area contributed by atoms with E-state index in [0.717, 1.165) is 0 Å². The molecule has 0 atom stereocenters. The monoisotopic (exact) mass is 343 g/mol. The highest BCUT2D eigenvalue weighted by Crippen LogP contribution is 2.22. The standard InChI is InChI=1S/C17H17N3O5/c1-11-7-8-12(9-14(11)20(23)24)17(22)18-10-16(21)19-13-5-3-4-6-15(13)25-2/h3-9H,10H2,1-2H3,(H,18,22)(H,19,21). The van der Waals surface area contributed by atoms with Gasteiger partial charge >= 0.3 is 0 Å². The molecule has 0 aliphatic carbocycles. The number of nitro benzene ring substituents is 1. The topological polar surface area (TPSA) is 111 Å². The SMILES string of the molecule is COc1ccccc1NC(=O)CNC(=O)c1ccc(C)c([N+](=O)[O-])c1. The number of rotatable bonds is 6. The van der Waals surface area contributed by atoms with Gasteiger partial charge in [-0.3, -0.25) is 19.7 Å². The molecule has 2 aromatic rings. The van der Waals surface area contributed by atoms with E-state index in [1.165, 1.54) is 25.3 Å². The number of methoxy groups -OCH3 is 1. The van der Waals surface area contributed by atoms with Crippen LogP contribution in [0.1, 0.15) is 15.9 Å². The minimum Gasteiger partial charge on any atom is -0.495 e. The Kier molecular flexibility index (Phi) is 5.67. The van der Waals surface area contributed by atoms with Crippen molar-refractivity contribution in [2.24, 2.45) is 0 Å². The number of hydrogen-bond donors (Lipinski definition) is 2.